The third-order valence-corrected chi connectivity index (χ3v) is 5.28. The largest absolute Gasteiger partial charge is 0.423 e. The molecular weight excluding hydrogens is 486 g/mol. The molecule has 0 saturated heterocycles. The zero-order valence-electron chi connectivity index (χ0n) is 18.3. The number of carbonyl (C=O) groups excluding carboxylic acids is 3. The number of nitrogens with one attached hydrogen (secondary N) is 2. The average Bonchev–Trinajstić information content (AvgIpc) is 2.77. The number of aryl methyl sites for hydroxylation is 2. The van der Waals surface area contributed by atoms with Crippen LogP contribution in [0.2, 0.25) is 0 Å². The molecule has 2 amide bonds. The molecule has 7 nitrogen and oxygen atoms in total. The molecule has 0 aliphatic heterocycles. The summed E-state index contributed by atoms with van der Waals surface area (Å²) in [4.78, 5) is 36.5. The summed E-state index contributed by atoms with van der Waals surface area (Å²) in [6, 6.07) is 19.1. The smallest absolute Gasteiger partial charge is 0.344 e. The lowest BCUT2D eigenvalue weighted by atomic mass is 10.1. The van der Waals surface area contributed by atoms with Crippen LogP contribution in [-0.4, -0.2) is 23.5 Å². The van der Waals surface area contributed by atoms with E-state index in [1.807, 2.05) is 26.0 Å². The zero-order valence-corrected chi connectivity index (χ0v) is 19.9. The minimum atomic E-state index is -0.882. The van der Waals surface area contributed by atoms with E-state index in [4.69, 9.17) is 4.74 Å². The molecule has 2 N–H and O–H groups in total. The van der Waals surface area contributed by atoms with Crippen LogP contribution in [0.1, 0.15) is 34.0 Å². The van der Waals surface area contributed by atoms with E-state index in [0.717, 1.165) is 11.1 Å². The number of carbonyl (C=O) groups is 3. The number of benzene rings is 3. The predicted molar refractivity (Wildman–Crippen MR) is 130 cm³/mol. The topological polar surface area (TPSA) is 96.9 Å². The third-order valence-electron chi connectivity index (χ3n) is 4.59. The van der Waals surface area contributed by atoms with Gasteiger partial charge < -0.3 is 10.1 Å². The van der Waals surface area contributed by atoms with Crippen LogP contribution < -0.4 is 15.5 Å². The van der Waals surface area contributed by atoms with Gasteiger partial charge in [0.05, 0.1) is 11.3 Å². The number of anilines is 1. The van der Waals surface area contributed by atoms with Crippen LogP contribution in [0.4, 0.5) is 5.69 Å². The number of esters is 1. The number of ether oxygens (including phenoxy) is 1. The van der Waals surface area contributed by atoms with Crippen LogP contribution in [-0.2, 0) is 9.59 Å². The second-order valence-electron chi connectivity index (χ2n) is 7.36. The van der Waals surface area contributed by atoms with Crippen molar-refractivity contribution in [2.45, 2.75) is 20.8 Å². The highest BCUT2D eigenvalue weighted by Gasteiger charge is 2.14. The molecule has 0 heterocycles. The fourth-order valence-corrected chi connectivity index (χ4v) is 3.48. The van der Waals surface area contributed by atoms with E-state index < -0.39 is 17.8 Å². The zero-order chi connectivity index (χ0) is 24.0. The molecule has 0 aromatic heterocycles. The van der Waals surface area contributed by atoms with Crippen LogP contribution in [0.3, 0.4) is 0 Å². The lowest BCUT2D eigenvalue weighted by Gasteiger charge is -2.08. The van der Waals surface area contributed by atoms with Crippen molar-refractivity contribution in [3.05, 3.63) is 93.5 Å². The molecule has 8 heteroatoms. The highest BCUT2D eigenvalue weighted by Crippen LogP contribution is 2.20. The van der Waals surface area contributed by atoms with Crippen molar-refractivity contribution in [3.63, 3.8) is 0 Å². The molecule has 3 aromatic carbocycles. The van der Waals surface area contributed by atoms with E-state index in [1.54, 1.807) is 61.5 Å². The van der Waals surface area contributed by atoms with E-state index in [-0.39, 0.29) is 0 Å². The Hall–Kier alpha value is -3.78. The van der Waals surface area contributed by atoms with Crippen LogP contribution in [0, 0.1) is 13.8 Å². The van der Waals surface area contributed by atoms with Crippen molar-refractivity contribution in [2.24, 2.45) is 5.10 Å². The Balaban J connectivity index is 1.58. The fourth-order valence-electron chi connectivity index (χ4n) is 3.04. The maximum Gasteiger partial charge on any atom is 0.344 e. The van der Waals surface area contributed by atoms with Gasteiger partial charge in [-0.05, 0) is 102 Å². The van der Waals surface area contributed by atoms with Crippen molar-refractivity contribution in [1.82, 2.24) is 5.43 Å². The van der Waals surface area contributed by atoms with Crippen molar-refractivity contribution in [1.29, 1.82) is 0 Å². The first-order valence-corrected chi connectivity index (χ1v) is 10.8. The summed E-state index contributed by atoms with van der Waals surface area (Å²) in [5.41, 5.74) is 6.33. The number of rotatable bonds is 5. The molecule has 33 heavy (non-hydrogen) atoms. The second-order valence-corrected chi connectivity index (χ2v) is 8.22. The molecule has 0 bridgehead atoms. The van der Waals surface area contributed by atoms with Crippen molar-refractivity contribution < 1.29 is 19.1 Å². The first-order chi connectivity index (χ1) is 15.7. The summed E-state index contributed by atoms with van der Waals surface area (Å²) in [5.74, 6) is -1.81. The Bertz CT molecular complexity index is 1220. The van der Waals surface area contributed by atoms with Crippen LogP contribution >= 0.6 is 15.9 Å². The van der Waals surface area contributed by atoms with Crippen LogP contribution in [0.25, 0.3) is 0 Å². The first kappa shape index (κ1) is 23.9. The number of amides is 2. The van der Waals surface area contributed by atoms with E-state index in [9.17, 15) is 14.4 Å². The molecule has 0 aliphatic carbocycles. The molecule has 0 atom stereocenters. The second kappa shape index (κ2) is 10.7. The Kier molecular flexibility index (Phi) is 7.74. The van der Waals surface area contributed by atoms with E-state index in [1.165, 1.54) is 0 Å². The molecule has 168 valence electrons. The Labute approximate surface area is 200 Å². The number of hydrogen-bond acceptors (Lipinski definition) is 5. The fraction of sp³-hybridized carbons (Fsp3) is 0.120. The molecule has 3 aromatic rings. The number of hydrogen-bond donors (Lipinski definition) is 2. The summed E-state index contributed by atoms with van der Waals surface area (Å²) in [7, 11) is 0. The van der Waals surface area contributed by atoms with Gasteiger partial charge in [0.15, 0.2) is 0 Å². The van der Waals surface area contributed by atoms with Crippen molar-refractivity contribution >= 4 is 45.1 Å². The molecule has 3 rings (SSSR count). The van der Waals surface area contributed by atoms with E-state index >= 15 is 0 Å². The number of halogens is 1. The molecule has 0 fully saturated rings. The molecular formula is C25H22BrN3O4. The third kappa shape index (κ3) is 6.60. The van der Waals surface area contributed by atoms with Crippen LogP contribution in [0.5, 0.6) is 5.75 Å². The first-order valence-electron chi connectivity index (χ1n) is 10.0. The Morgan fingerprint density at radius 1 is 0.879 bits per heavy atom. The van der Waals surface area contributed by atoms with Crippen molar-refractivity contribution in [2.75, 3.05) is 5.32 Å². The maximum atomic E-state index is 12.3. The minimum Gasteiger partial charge on any atom is -0.423 e. The Morgan fingerprint density at radius 2 is 1.52 bits per heavy atom. The molecule has 0 spiro atoms. The SMILES string of the molecule is C/C(=N\NC(=O)C(=O)Nc1cc(C)cc(C)c1)c1ccc(OC(=O)c2ccccc2Br)cc1. The average molecular weight is 508 g/mol. The quantitative estimate of drug-likeness (QED) is 0.171. The summed E-state index contributed by atoms with van der Waals surface area (Å²) in [6.45, 7) is 5.50. The van der Waals surface area contributed by atoms with Gasteiger partial charge in [0.2, 0.25) is 0 Å². The standard InChI is InChI=1S/C25H22BrN3O4/c1-15-12-16(2)14-19(13-15)27-23(30)24(31)29-28-17(3)18-8-10-20(11-9-18)33-25(32)21-6-4-5-7-22(21)26/h4-14H,1-3H3,(H,27,30)(H,29,31)/b28-17+. The minimum absolute atomic E-state index is 0.365. The van der Waals surface area contributed by atoms with Gasteiger partial charge in [-0.3, -0.25) is 9.59 Å². The Morgan fingerprint density at radius 3 is 2.15 bits per heavy atom. The molecule has 0 aliphatic rings. The highest BCUT2D eigenvalue weighted by molar-refractivity contribution is 9.10. The van der Waals surface area contributed by atoms with Crippen LogP contribution in [0.15, 0.2) is 76.3 Å². The highest BCUT2D eigenvalue weighted by atomic mass is 79.9. The normalized spacial score (nSPS) is 11.0. The summed E-state index contributed by atoms with van der Waals surface area (Å²) in [5, 5.41) is 6.54. The van der Waals surface area contributed by atoms with Gasteiger partial charge in [-0.25, -0.2) is 10.2 Å². The van der Waals surface area contributed by atoms with Gasteiger partial charge in [0.25, 0.3) is 0 Å². The van der Waals surface area contributed by atoms with E-state index in [2.05, 4.69) is 31.8 Å². The van der Waals surface area contributed by atoms with Crippen molar-refractivity contribution in [3.8, 4) is 5.75 Å². The van der Waals surface area contributed by atoms with Gasteiger partial charge >= 0.3 is 17.8 Å². The van der Waals surface area contributed by atoms with Gasteiger partial charge in [0, 0.05) is 10.2 Å². The lowest BCUT2D eigenvalue weighted by Crippen LogP contribution is -2.33. The maximum absolute atomic E-state index is 12.3. The summed E-state index contributed by atoms with van der Waals surface area (Å²) >= 11 is 3.33. The summed E-state index contributed by atoms with van der Waals surface area (Å²) in [6.07, 6.45) is 0. The number of nitrogens with zero attached hydrogens (tertiary/aromatic N) is 1. The number of hydrazone groups is 1. The monoisotopic (exact) mass is 507 g/mol. The molecule has 0 radical (unpaired) electrons. The van der Waals surface area contributed by atoms with Gasteiger partial charge in [-0.15, -0.1) is 0 Å². The molecule has 0 saturated carbocycles. The van der Waals surface area contributed by atoms with Gasteiger partial charge in [0.1, 0.15) is 5.75 Å². The van der Waals surface area contributed by atoms with Gasteiger partial charge in [-0.1, -0.05) is 18.2 Å². The van der Waals surface area contributed by atoms with E-state index in [0.29, 0.717) is 32.7 Å². The molecule has 0 unspecified atom stereocenters. The lowest BCUT2D eigenvalue weighted by molar-refractivity contribution is -0.136. The predicted octanol–water partition coefficient (Wildman–Crippen LogP) is 4.76. The van der Waals surface area contributed by atoms with Gasteiger partial charge in [-0.2, -0.15) is 5.10 Å². The summed E-state index contributed by atoms with van der Waals surface area (Å²) < 4.78 is 6.03.